The average molecular weight is 412 g/mol. The summed E-state index contributed by atoms with van der Waals surface area (Å²) >= 11 is 0. The van der Waals surface area contributed by atoms with Crippen LogP contribution in [-0.2, 0) is 16.2 Å². The van der Waals surface area contributed by atoms with Gasteiger partial charge in [-0.3, -0.25) is 5.10 Å². The number of sulfonamides is 1. The van der Waals surface area contributed by atoms with Gasteiger partial charge in [-0.15, -0.1) is 0 Å². The molecule has 3 aromatic rings. The van der Waals surface area contributed by atoms with Crippen molar-refractivity contribution < 1.29 is 26.3 Å². The normalized spacial score (nSPS) is 12.2. The number of nitrogens with zero attached hydrogens (tertiary/aromatic N) is 2. The topological polar surface area (TPSA) is 97.0 Å². The number of nitrogens with one attached hydrogen (secondary N) is 2. The zero-order valence-electron chi connectivity index (χ0n) is 14.7. The number of aryl methyl sites for hydroxylation is 1. The molecule has 0 fully saturated rings. The lowest BCUT2D eigenvalue weighted by molar-refractivity contribution is -0.137. The quantitative estimate of drug-likeness (QED) is 0.669. The second-order valence-corrected chi connectivity index (χ2v) is 7.61. The van der Waals surface area contributed by atoms with Crippen LogP contribution >= 0.6 is 0 Å². The third-order valence-corrected chi connectivity index (χ3v) is 5.18. The smallest absolute Gasteiger partial charge is 0.416 e. The molecule has 0 spiro atoms. The van der Waals surface area contributed by atoms with Gasteiger partial charge in [0.1, 0.15) is 17.3 Å². The largest absolute Gasteiger partial charge is 0.457 e. The highest BCUT2D eigenvalue weighted by molar-refractivity contribution is 7.89. The Balaban J connectivity index is 2.08. The first-order valence-corrected chi connectivity index (χ1v) is 9.40. The maximum absolute atomic E-state index is 12.9. The lowest BCUT2D eigenvalue weighted by Crippen LogP contribution is -2.18. The predicted octanol–water partition coefficient (Wildman–Crippen LogP) is 3.50. The van der Waals surface area contributed by atoms with Gasteiger partial charge in [-0.1, -0.05) is 6.07 Å². The van der Waals surface area contributed by atoms with Crippen molar-refractivity contribution in [2.45, 2.75) is 18.0 Å². The van der Waals surface area contributed by atoms with Crippen LogP contribution in [0, 0.1) is 6.92 Å². The maximum atomic E-state index is 12.9. The van der Waals surface area contributed by atoms with E-state index in [0.717, 1.165) is 12.1 Å². The standard InChI is InChI=1S/C17H15F3N4O3S/c1-10-22-16(24-23-10)14-9-13(28(25,26)21-2)6-7-15(14)27-12-5-3-4-11(8-12)17(18,19)20/h3-9,21H,1-2H3,(H,22,23,24). The van der Waals surface area contributed by atoms with Crippen molar-refractivity contribution in [2.24, 2.45) is 0 Å². The second kappa shape index (κ2) is 7.24. The monoisotopic (exact) mass is 412 g/mol. The Kier molecular flexibility index (Phi) is 5.13. The number of aromatic amines is 1. The first kappa shape index (κ1) is 19.8. The van der Waals surface area contributed by atoms with Crippen LogP contribution in [0.1, 0.15) is 11.4 Å². The summed E-state index contributed by atoms with van der Waals surface area (Å²) in [6.07, 6.45) is -4.52. The fourth-order valence-electron chi connectivity index (χ4n) is 2.40. The van der Waals surface area contributed by atoms with Gasteiger partial charge in [-0.25, -0.2) is 18.1 Å². The summed E-state index contributed by atoms with van der Waals surface area (Å²) in [7, 11) is -2.49. The number of benzene rings is 2. The Morgan fingerprint density at radius 3 is 2.50 bits per heavy atom. The molecule has 0 radical (unpaired) electrons. The van der Waals surface area contributed by atoms with E-state index >= 15 is 0 Å². The molecule has 0 amide bonds. The molecule has 1 heterocycles. The predicted molar refractivity (Wildman–Crippen MR) is 94.3 cm³/mol. The van der Waals surface area contributed by atoms with Crippen LogP contribution in [0.25, 0.3) is 11.4 Å². The van der Waals surface area contributed by atoms with Gasteiger partial charge >= 0.3 is 6.18 Å². The molecule has 2 N–H and O–H groups in total. The first-order valence-electron chi connectivity index (χ1n) is 7.92. The molecule has 1 aromatic heterocycles. The van der Waals surface area contributed by atoms with E-state index in [1.807, 2.05) is 0 Å². The van der Waals surface area contributed by atoms with Crippen LogP contribution < -0.4 is 9.46 Å². The van der Waals surface area contributed by atoms with E-state index in [1.165, 1.54) is 37.4 Å². The Bertz CT molecular complexity index is 1110. The van der Waals surface area contributed by atoms with Crippen LogP contribution in [0.5, 0.6) is 11.5 Å². The molecular formula is C17H15F3N4O3S. The van der Waals surface area contributed by atoms with E-state index in [1.54, 1.807) is 6.92 Å². The molecule has 0 atom stereocenters. The van der Waals surface area contributed by atoms with Crippen molar-refractivity contribution in [2.75, 3.05) is 7.05 Å². The number of aromatic nitrogens is 3. The van der Waals surface area contributed by atoms with Crippen LogP contribution in [0.2, 0.25) is 0 Å². The van der Waals surface area contributed by atoms with Crippen molar-refractivity contribution in [3.63, 3.8) is 0 Å². The average Bonchev–Trinajstić information content (AvgIpc) is 3.07. The van der Waals surface area contributed by atoms with Crippen molar-refractivity contribution in [3.05, 3.63) is 53.9 Å². The summed E-state index contributed by atoms with van der Waals surface area (Å²) in [5.74, 6) is 0.677. The molecule has 148 valence electrons. The maximum Gasteiger partial charge on any atom is 0.416 e. The molecule has 0 aliphatic heterocycles. The summed E-state index contributed by atoms with van der Waals surface area (Å²) in [5.41, 5.74) is -0.634. The van der Waals surface area contributed by atoms with Crippen LogP contribution in [-0.4, -0.2) is 30.6 Å². The van der Waals surface area contributed by atoms with E-state index in [0.29, 0.717) is 5.82 Å². The van der Waals surface area contributed by atoms with Crippen molar-refractivity contribution in [1.82, 2.24) is 19.9 Å². The third-order valence-electron chi connectivity index (χ3n) is 3.77. The Morgan fingerprint density at radius 1 is 1.14 bits per heavy atom. The van der Waals surface area contributed by atoms with E-state index in [2.05, 4.69) is 19.9 Å². The summed E-state index contributed by atoms with van der Waals surface area (Å²) in [6.45, 7) is 1.63. The number of H-pyrrole nitrogens is 1. The fourth-order valence-corrected chi connectivity index (χ4v) is 3.15. The fraction of sp³-hybridized carbons (Fsp3) is 0.176. The van der Waals surface area contributed by atoms with Gasteiger partial charge in [0.15, 0.2) is 5.82 Å². The number of alkyl halides is 3. The number of hydrogen-bond acceptors (Lipinski definition) is 5. The van der Waals surface area contributed by atoms with Crippen LogP contribution in [0.3, 0.4) is 0 Å². The van der Waals surface area contributed by atoms with E-state index in [9.17, 15) is 21.6 Å². The van der Waals surface area contributed by atoms with Crippen molar-refractivity contribution >= 4 is 10.0 Å². The minimum atomic E-state index is -4.52. The molecule has 0 saturated carbocycles. The molecule has 0 bridgehead atoms. The van der Waals surface area contributed by atoms with Gasteiger partial charge in [-0.2, -0.15) is 18.3 Å². The summed E-state index contributed by atoms with van der Waals surface area (Å²) in [4.78, 5) is 4.09. The zero-order chi connectivity index (χ0) is 20.5. The molecule has 0 saturated heterocycles. The second-order valence-electron chi connectivity index (χ2n) is 5.72. The highest BCUT2D eigenvalue weighted by atomic mass is 32.2. The summed E-state index contributed by atoms with van der Waals surface area (Å²) < 4.78 is 70.8. The summed E-state index contributed by atoms with van der Waals surface area (Å²) in [6, 6.07) is 8.29. The Labute approximate surface area is 158 Å². The van der Waals surface area contributed by atoms with Crippen molar-refractivity contribution in [1.29, 1.82) is 0 Å². The molecule has 0 aliphatic carbocycles. The zero-order valence-corrected chi connectivity index (χ0v) is 15.5. The molecule has 7 nitrogen and oxygen atoms in total. The number of halogens is 3. The van der Waals surface area contributed by atoms with Gasteiger partial charge in [0, 0.05) is 0 Å². The lowest BCUT2D eigenvalue weighted by atomic mass is 10.1. The van der Waals surface area contributed by atoms with E-state index in [-0.39, 0.29) is 27.8 Å². The molecule has 28 heavy (non-hydrogen) atoms. The van der Waals surface area contributed by atoms with E-state index in [4.69, 9.17) is 4.74 Å². The SMILES string of the molecule is CNS(=O)(=O)c1ccc(Oc2cccc(C(F)(F)F)c2)c(-c2nc(C)n[nH]2)c1. The Morgan fingerprint density at radius 2 is 1.89 bits per heavy atom. The molecule has 0 aliphatic rings. The van der Waals surface area contributed by atoms with Crippen LogP contribution in [0.15, 0.2) is 47.4 Å². The molecular weight excluding hydrogens is 397 g/mol. The molecule has 3 rings (SSSR count). The van der Waals surface area contributed by atoms with Gasteiger partial charge in [-0.05, 0) is 50.4 Å². The number of hydrogen-bond donors (Lipinski definition) is 2. The van der Waals surface area contributed by atoms with Gasteiger partial charge in [0.25, 0.3) is 0 Å². The van der Waals surface area contributed by atoms with Gasteiger partial charge in [0.2, 0.25) is 10.0 Å². The van der Waals surface area contributed by atoms with E-state index < -0.39 is 21.8 Å². The molecule has 11 heteroatoms. The Hall–Kier alpha value is -2.92. The number of rotatable bonds is 5. The molecule has 0 unspecified atom stereocenters. The lowest BCUT2D eigenvalue weighted by Gasteiger charge is -2.13. The minimum Gasteiger partial charge on any atom is -0.457 e. The number of ether oxygens (including phenoxy) is 1. The highest BCUT2D eigenvalue weighted by Gasteiger charge is 2.30. The first-order chi connectivity index (χ1) is 13.1. The third kappa shape index (κ3) is 4.15. The van der Waals surface area contributed by atoms with Crippen molar-refractivity contribution in [3.8, 4) is 22.9 Å². The molecule has 2 aromatic carbocycles. The summed E-state index contributed by atoms with van der Waals surface area (Å²) in [5, 5.41) is 6.54. The van der Waals surface area contributed by atoms with Gasteiger partial charge in [0.05, 0.1) is 16.0 Å². The van der Waals surface area contributed by atoms with Gasteiger partial charge < -0.3 is 4.74 Å². The highest BCUT2D eigenvalue weighted by Crippen LogP contribution is 2.36. The van der Waals surface area contributed by atoms with Crippen LogP contribution in [0.4, 0.5) is 13.2 Å². The minimum absolute atomic E-state index is 0.0588.